The molecule has 3 nitrogen and oxygen atoms in total. The molecule has 0 aromatic heterocycles. The van der Waals surface area contributed by atoms with Gasteiger partial charge in [-0.2, -0.15) is 0 Å². The smallest absolute Gasteiger partial charge is 0.119 e. The summed E-state index contributed by atoms with van der Waals surface area (Å²) in [6.07, 6.45) is 2.68. The van der Waals surface area contributed by atoms with E-state index in [1.165, 1.54) is 31.5 Å². The van der Waals surface area contributed by atoms with Crippen LogP contribution in [0, 0.1) is 5.92 Å². The standard InChI is InChI=1S/C17H28N2O/c1-3-18-12-16-8-6-10-19(14-16)13-15-7-5-9-17(11-15)20-4-2/h5,7,9,11,16,18H,3-4,6,8,10,12-14H2,1-2H3. The first-order valence-corrected chi connectivity index (χ1v) is 7.96. The average molecular weight is 276 g/mol. The summed E-state index contributed by atoms with van der Waals surface area (Å²) in [7, 11) is 0. The summed E-state index contributed by atoms with van der Waals surface area (Å²) < 4.78 is 5.58. The third-order valence-electron chi connectivity index (χ3n) is 3.90. The maximum Gasteiger partial charge on any atom is 0.119 e. The lowest BCUT2D eigenvalue weighted by Gasteiger charge is -2.33. The Morgan fingerprint density at radius 2 is 2.25 bits per heavy atom. The summed E-state index contributed by atoms with van der Waals surface area (Å²) >= 11 is 0. The minimum Gasteiger partial charge on any atom is -0.494 e. The molecule has 1 atom stereocenters. The molecule has 1 aromatic rings. The van der Waals surface area contributed by atoms with Crippen LogP contribution in [0.2, 0.25) is 0 Å². The van der Waals surface area contributed by atoms with Crippen LogP contribution in [-0.4, -0.2) is 37.7 Å². The summed E-state index contributed by atoms with van der Waals surface area (Å²) in [5, 5.41) is 3.48. The van der Waals surface area contributed by atoms with Crippen LogP contribution in [0.5, 0.6) is 5.75 Å². The van der Waals surface area contributed by atoms with Crippen molar-refractivity contribution in [1.82, 2.24) is 10.2 Å². The molecule has 2 rings (SSSR count). The Hall–Kier alpha value is -1.06. The second-order valence-electron chi connectivity index (χ2n) is 5.63. The van der Waals surface area contributed by atoms with Crippen LogP contribution in [0.15, 0.2) is 24.3 Å². The van der Waals surface area contributed by atoms with Crippen molar-refractivity contribution in [2.24, 2.45) is 5.92 Å². The van der Waals surface area contributed by atoms with Crippen molar-refractivity contribution in [3.8, 4) is 5.75 Å². The third kappa shape index (κ3) is 4.80. The molecule has 0 saturated carbocycles. The van der Waals surface area contributed by atoms with Crippen molar-refractivity contribution in [2.75, 3.05) is 32.8 Å². The molecule has 1 saturated heterocycles. The van der Waals surface area contributed by atoms with Gasteiger partial charge in [-0.3, -0.25) is 4.90 Å². The van der Waals surface area contributed by atoms with Crippen LogP contribution in [0.1, 0.15) is 32.3 Å². The maximum absolute atomic E-state index is 5.58. The first-order chi connectivity index (χ1) is 9.81. The molecule has 0 aliphatic carbocycles. The van der Waals surface area contributed by atoms with Crippen molar-refractivity contribution in [3.05, 3.63) is 29.8 Å². The molecule has 3 heteroatoms. The van der Waals surface area contributed by atoms with E-state index < -0.39 is 0 Å². The van der Waals surface area contributed by atoms with Crippen molar-refractivity contribution >= 4 is 0 Å². The Morgan fingerprint density at radius 1 is 1.35 bits per heavy atom. The summed E-state index contributed by atoms with van der Waals surface area (Å²) in [5.74, 6) is 1.80. The average Bonchev–Trinajstić information content (AvgIpc) is 2.46. The molecule has 0 bridgehead atoms. The fourth-order valence-corrected chi connectivity index (χ4v) is 2.97. The molecule has 0 radical (unpaired) electrons. The Kier molecular flexibility index (Phi) is 6.34. The highest BCUT2D eigenvalue weighted by atomic mass is 16.5. The van der Waals surface area contributed by atoms with Gasteiger partial charge in [0.25, 0.3) is 0 Å². The molecule has 1 N–H and O–H groups in total. The molecular weight excluding hydrogens is 248 g/mol. The van der Waals surface area contributed by atoms with E-state index in [0.717, 1.165) is 37.9 Å². The quantitative estimate of drug-likeness (QED) is 0.829. The number of ether oxygens (including phenoxy) is 1. The molecule has 1 aliphatic heterocycles. The van der Waals surface area contributed by atoms with Crippen molar-refractivity contribution in [1.29, 1.82) is 0 Å². The van der Waals surface area contributed by atoms with E-state index in [9.17, 15) is 0 Å². The highest BCUT2D eigenvalue weighted by molar-refractivity contribution is 5.28. The molecule has 0 spiro atoms. The van der Waals surface area contributed by atoms with Gasteiger partial charge in [-0.25, -0.2) is 0 Å². The molecule has 0 amide bonds. The van der Waals surface area contributed by atoms with Crippen LogP contribution in [0.3, 0.4) is 0 Å². The molecule has 1 fully saturated rings. The number of nitrogens with one attached hydrogen (secondary N) is 1. The van der Waals surface area contributed by atoms with Crippen molar-refractivity contribution < 1.29 is 4.74 Å². The number of benzene rings is 1. The lowest BCUT2D eigenvalue weighted by Crippen LogP contribution is -2.39. The Bertz CT molecular complexity index is 394. The largest absolute Gasteiger partial charge is 0.494 e. The highest BCUT2D eigenvalue weighted by Gasteiger charge is 2.19. The van der Waals surface area contributed by atoms with Crippen LogP contribution in [-0.2, 0) is 6.54 Å². The molecule has 1 aromatic carbocycles. The second kappa shape index (κ2) is 8.28. The fraction of sp³-hybridized carbons (Fsp3) is 0.647. The van der Waals surface area contributed by atoms with Gasteiger partial charge < -0.3 is 10.1 Å². The monoisotopic (exact) mass is 276 g/mol. The zero-order valence-corrected chi connectivity index (χ0v) is 12.9. The lowest BCUT2D eigenvalue weighted by atomic mass is 9.97. The van der Waals surface area contributed by atoms with Crippen LogP contribution >= 0.6 is 0 Å². The zero-order chi connectivity index (χ0) is 14.2. The number of hydrogen-bond acceptors (Lipinski definition) is 3. The van der Waals surface area contributed by atoms with E-state index in [-0.39, 0.29) is 0 Å². The first kappa shape index (κ1) is 15.3. The second-order valence-corrected chi connectivity index (χ2v) is 5.63. The van der Waals surface area contributed by atoms with Gasteiger partial charge in [0, 0.05) is 13.1 Å². The van der Waals surface area contributed by atoms with Gasteiger partial charge in [0.2, 0.25) is 0 Å². The SMILES string of the molecule is CCNCC1CCCN(Cc2cccc(OCC)c2)C1. The highest BCUT2D eigenvalue weighted by Crippen LogP contribution is 2.20. The number of hydrogen-bond donors (Lipinski definition) is 1. The van der Waals surface area contributed by atoms with Gasteiger partial charge in [-0.1, -0.05) is 19.1 Å². The van der Waals surface area contributed by atoms with Crippen LogP contribution in [0.25, 0.3) is 0 Å². The fourth-order valence-electron chi connectivity index (χ4n) is 2.97. The number of likely N-dealkylation sites (tertiary alicyclic amines) is 1. The number of nitrogens with zero attached hydrogens (tertiary/aromatic N) is 1. The van der Waals surface area contributed by atoms with Gasteiger partial charge in [0.15, 0.2) is 0 Å². The Balaban J connectivity index is 1.87. The molecule has 1 aliphatic rings. The minimum atomic E-state index is 0.734. The molecule has 1 unspecified atom stereocenters. The number of piperidine rings is 1. The Morgan fingerprint density at radius 3 is 3.05 bits per heavy atom. The third-order valence-corrected chi connectivity index (χ3v) is 3.90. The summed E-state index contributed by atoms with van der Waals surface area (Å²) in [6.45, 7) is 10.7. The predicted octanol–water partition coefficient (Wildman–Crippen LogP) is 2.91. The lowest BCUT2D eigenvalue weighted by molar-refractivity contribution is 0.165. The Labute approximate surface area is 123 Å². The number of rotatable bonds is 7. The normalized spacial score (nSPS) is 20.0. The van der Waals surface area contributed by atoms with Gasteiger partial charge in [0.1, 0.15) is 5.75 Å². The minimum absolute atomic E-state index is 0.734. The van der Waals surface area contributed by atoms with Crippen molar-refractivity contribution in [2.45, 2.75) is 33.2 Å². The predicted molar refractivity (Wildman–Crippen MR) is 84.2 cm³/mol. The summed E-state index contributed by atoms with van der Waals surface area (Å²) in [6, 6.07) is 8.52. The van der Waals surface area contributed by atoms with Crippen molar-refractivity contribution in [3.63, 3.8) is 0 Å². The van der Waals surface area contributed by atoms with E-state index >= 15 is 0 Å². The van der Waals surface area contributed by atoms with Gasteiger partial charge in [-0.15, -0.1) is 0 Å². The molecule has 20 heavy (non-hydrogen) atoms. The summed E-state index contributed by atoms with van der Waals surface area (Å²) in [5.41, 5.74) is 1.36. The molecule has 112 valence electrons. The first-order valence-electron chi connectivity index (χ1n) is 7.96. The molecular formula is C17H28N2O. The summed E-state index contributed by atoms with van der Waals surface area (Å²) in [4.78, 5) is 2.58. The van der Waals surface area contributed by atoms with E-state index in [0.29, 0.717) is 0 Å². The van der Waals surface area contributed by atoms with Gasteiger partial charge >= 0.3 is 0 Å². The van der Waals surface area contributed by atoms with Gasteiger partial charge in [0.05, 0.1) is 6.61 Å². The maximum atomic E-state index is 5.58. The van der Waals surface area contributed by atoms with E-state index in [1.54, 1.807) is 0 Å². The topological polar surface area (TPSA) is 24.5 Å². The molecule has 1 heterocycles. The van der Waals surface area contributed by atoms with E-state index in [1.807, 2.05) is 13.0 Å². The van der Waals surface area contributed by atoms with Crippen LogP contribution < -0.4 is 10.1 Å². The van der Waals surface area contributed by atoms with E-state index in [4.69, 9.17) is 4.74 Å². The van der Waals surface area contributed by atoms with Crippen LogP contribution in [0.4, 0.5) is 0 Å². The zero-order valence-electron chi connectivity index (χ0n) is 12.9. The van der Waals surface area contributed by atoms with Gasteiger partial charge in [-0.05, 0) is 63.0 Å². The van der Waals surface area contributed by atoms with E-state index in [2.05, 4.69) is 35.3 Å².